The summed E-state index contributed by atoms with van der Waals surface area (Å²) in [4.78, 5) is 27.8. The number of carbonyl (C=O) groups excluding carboxylic acids is 1. The van der Waals surface area contributed by atoms with Crippen molar-refractivity contribution in [3.05, 3.63) is 64.0 Å². The second-order valence-corrected chi connectivity index (χ2v) is 7.10. The molecule has 1 heterocycles. The maximum Gasteiger partial charge on any atom is 0.344 e. The zero-order chi connectivity index (χ0) is 19.4. The Bertz CT molecular complexity index is 941. The lowest BCUT2D eigenvalue weighted by Gasteiger charge is -2.10. The number of hydrogen-bond donors (Lipinski definition) is 2. The van der Waals surface area contributed by atoms with Crippen LogP contribution in [0.15, 0.2) is 58.4 Å². The number of aliphatic imine (C=N–C) groups is 1. The molecular weight excluding hydrogens is 388 g/mol. The number of benzene rings is 2. The first-order chi connectivity index (χ1) is 12.9. The van der Waals surface area contributed by atoms with Crippen LogP contribution in [-0.2, 0) is 9.59 Å². The van der Waals surface area contributed by atoms with E-state index in [1.165, 1.54) is 18.7 Å². The number of nitrogens with one attached hydrogen (secondary N) is 1. The third-order valence-corrected chi connectivity index (χ3v) is 4.67. The van der Waals surface area contributed by atoms with Crippen molar-refractivity contribution in [3.63, 3.8) is 0 Å². The van der Waals surface area contributed by atoms with E-state index in [0.717, 1.165) is 5.56 Å². The van der Waals surface area contributed by atoms with Crippen molar-refractivity contribution >= 4 is 52.2 Å². The minimum Gasteiger partial charge on any atom is -0.479 e. The molecule has 2 aromatic rings. The van der Waals surface area contributed by atoms with Crippen molar-refractivity contribution in [2.24, 2.45) is 4.99 Å². The van der Waals surface area contributed by atoms with Crippen molar-refractivity contribution in [2.45, 2.75) is 13.0 Å². The van der Waals surface area contributed by atoms with E-state index in [-0.39, 0.29) is 5.91 Å². The van der Waals surface area contributed by atoms with E-state index in [1.54, 1.807) is 54.6 Å². The van der Waals surface area contributed by atoms with Gasteiger partial charge in [-0.3, -0.25) is 4.79 Å². The molecule has 0 saturated carbocycles. The van der Waals surface area contributed by atoms with E-state index >= 15 is 0 Å². The van der Waals surface area contributed by atoms with Crippen molar-refractivity contribution in [3.8, 4) is 5.75 Å². The van der Waals surface area contributed by atoms with Crippen LogP contribution in [0.4, 0.5) is 5.69 Å². The maximum atomic E-state index is 12.1. The molecule has 1 fully saturated rings. The molecule has 2 aromatic carbocycles. The first-order valence-electron chi connectivity index (χ1n) is 7.95. The van der Waals surface area contributed by atoms with Gasteiger partial charge in [0.15, 0.2) is 11.3 Å². The zero-order valence-corrected chi connectivity index (χ0v) is 15.8. The Kier molecular flexibility index (Phi) is 5.83. The molecule has 2 N–H and O–H groups in total. The average molecular weight is 403 g/mol. The molecule has 1 aliphatic rings. The van der Waals surface area contributed by atoms with E-state index in [2.05, 4.69) is 10.3 Å². The van der Waals surface area contributed by atoms with Gasteiger partial charge in [0.1, 0.15) is 5.75 Å². The van der Waals surface area contributed by atoms with Crippen molar-refractivity contribution in [1.29, 1.82) is 0 Å². The van der Waals surface area contributed by atoms with Gasteiger partial charge in [0, 0.05) is 5.02 Å². The number of amides is 1. The number of ether oxygens (including phenoxy) is 1. The van der Waals surface area contributed by atoms with E-state index < -0.39 is 12.1 Å². The second-order valence-electron chi connectivity index (χ2n) is 5.63. The summed E-state index contributed by atoms with van der Waals surface area (Å²) in [5, 5.41) is 12.6. The summed E-state index contributed by atoms with van der Waals surface area (Å²) in [6, 6.07) is 13.8. The van der Waals surface area contributed by atoms with E-state index in [9.17, 15) is 9.59 Å². The van der Waals surface area contributed by atoms with Crippen LogP contribution < -0.4 is 10.1 Å². The Labute approximate surface area is 164 Å². The number of amidine groups is 1. The van der Waals surface area contributed by atoms with Gasteiger partial charge in [-0.2, -0.15) is 0 Å². The minimum absolute atomic E-state index is 0.236. The third kappa shape index (κ3) is 5.12. The summed E-state index contributed by atoms with van der Waals surface area (Å²) in [7, 11) is 0. The van der Waals surface area contributed by atoms with E-state index in [4.69, 9.17) is 21.4 Å². The highest BCUT2D eigenvalue weighted by Gasteiger charge is 2.23. The number of rotatable bonds is 5. The highest BCUT2D eigenvalue weighted by molar-refractivity contribution is 8.18. The topological polar surface area (TPSA) is 88.0 Å². The Morgan fingerprint density at radius 1 is 1.30 bits per heavy atom. The predicted octanol–water partition coefficient (Wildman–Crippen LogP) is 4.08. The fourth-order valence-electron chi connectivity index (χ4n) is 2.19. The third-order valence-electron chi connectivity index (χ3n) is 3.53. The van der Waals surface area contributed by atoms with Crippen LogP contribution in [0.3, 0.4) is 0 Å². The van der Waals surface area contributed by atoms with Gasteiger partial charge < -0.3 is 15.2 Å². The second kappa shape index (κ2) is 8.28. The number of aliphatic carboxylic acids is 1. The van der Waals surface area contributed by atoms with E-state index in [1.807, 2.05) is 0 Å². The van der Waals surface area contributed by atoms with Crippen LogP contribution in [0, 0.1) is 0 Å². The first-order valence-corrected chi connectivity index (χ1v) is 9.15. The molecule has 1 atom stereocenters. The van der Waals surface area contributed by atoms with Crippen LogP contribution >= 0.6 is 23.4 Å². The van der Waals surface area contributed by atoms with Gasteiger partial charge in [-0.15, -0.1) is 0 Å². The normalized spacial score (nSPS) is 17.8. The fourth-order valence-corrected chi connectivity index (χ4v) is 3.22. The zero-order valence-electron chi connectivity index (χ0n) is 14.2. The lowest BCUT2D eigenvalue weighted by Crippen LogP contribution is -2.22. The summed E-state index contributed by atoms with van der Waals surface area (Å²) in [5.74, 6) is -0.828. The molecule has 27 heavy (non-hydrogen) atoms. The van der Waals surface area contributed by atoms with E-state index in [0.29, 0.717) is 26.5 Å². The van der Waals surface area contributed by atoms with Gasteiger partial charge in [-0.1, -0.05) is 29.8 Å². The Balaban J connectivity index is 1.72. The fraction of sp³-hybridized carbons (Fsp3) is 0.105. The van der Waals surface area contributed by atoms with Crippen LogP contribution in [0.1, 0.15) is 12.5 Å². The van der Waals surface area contributed by atoms with Gasteiger partial charge in [0.05, 0.1) is 10.6 Å². The standard InChI is InChI=1S/C19H15ClN2O4S/c1-11(18(24)25)26-15-7-5-12(6-8-15)9-16-17(23)22-19(27-16)21-14-4-2-3-13(20)10-14/h2-11H,1H3,(H,24,25)(H,21,22,23)/b16-9-/t11-/m0/s1. The summed E-state index contributed by atoms with van der Waals surface area (Å²) >= 11 is 7.17. The largest absolute Gasteiger partial charge is 0.479 e. The number of thioether (sulfide) groups is 1. The molecule has 1 saturated heterocycles. The molecule has 0 aromatic heterocycles. The van der Waals surface area contributed by atoms with Gasteiger partial charge in [-0.25, -0.2) is 9.79 Å². The minimum atomic E-state index is -1.04. The van der Waals surface area contributed by atoms with Gasteiger partial charge in [-0.05, 0) is 60.7 Å². The lowest BCUT2D eigenvalue weighted by molar-refractivity contribution is -0.144. The van der Waals surface area contributed by atoms with Crippen LogP contribution in [-0.4, -0.2) is 28.3 Å². The number of carboxylic acids is 1. The highest BCUT2D eigenvalue weighted by Crippen LogP contribution is 2.29. The molecule has 0 aliphatic carbocycles. The van der Waals surface area contributed by atoms with Crippen LogP contribution in [0.5, 0.6) is 5.75 Å². The number of halogens is 1. The molecule has 138 valence electrons. The van der Waals surface area contributed by atoms with Crippen molar-refractivity contribution in [1.82, 2.24) is 5.32 Å². The monoisotopic (exact) mass is 402 g/mol. The Morgan fingerprint density at radius 2 is 2.04 bits per heavy atom. The number of nitrogens with zero attached hydrogens (tertiary/aromatic N) is 1. The average Bonchev–Trinajstić information content (AvgIpc) is 2.95. The maximum absolute atomic E-state index is 12.1. The molecular formula is C19H15ClN2O4S. The van der Waals surface area contributed by atoms with Crippen LogP contribution in [0.2, 0.25) is 5.02 Å². The number of carbonyl (C=O) groups is 2. The molecule has 1 aliphatic heterocycles. The van der Waals surface area contributed by atoms with Gasteiger partial charge in [0.25, 0.3) is 5.91 Å². The molecule has 0 spiro atoms. The Morgan fingerprint density at radius 3 is 2.70 bits per heavy atom. The molecule has 6 nitrogen and oxygen atoms in total. The van der Waals surface area contributed by atoms with Gasteiger partial charge in [0.2, 0.25) is 0 Å². The quantitative estimate of drug-likeness (QED) is 0.735. The summed E-state index contributed by atoms with van der Waals surface area (Å²) in [6.45, 7) is 1.46. The molecule has 3 rings (SSSR count). The lowest BCUT2D eigenvalue weighted by atomic mass is 10.2. The van der Waals surface area contributed by atoms with Gasteiger partial charge >= 0.3 is 5.97 Å². The number of hydrogen-bond acceptors (Lipinski definition) is 5. The molecule has 8 heteroatoms. The van der Waals surface area contributed by atoms with Crippen molar-refractivity contribution in [2.75, 3.05) is 0 Å². The van der Waals surface area contributed by atoms with Crippen LogP contribution in [0.25, 0.3) is 6.08 Å². The summed E-state index contributed by atoms with van der Waals surface area (Å²) in [5.41, 5.74) is 1.44. The predicted molar refractivity (Wildman–Crippen MR) is 106 cm³/mol. The molecule has 0 bridgehead atoms. The first kappa shape index (κ1) is 19.0. The summed E-state index contributed by atoms with van der Waals surface area (Å²) in [6.07, 6.45) is 0.792. The van der Waals surface area contributed by atoms with Crippen molar-refractivity contribution < 1.29 is 19.4 Å². The summed E-state index contributed by atoms with van der Waals surface area (Å²) < 4.78 is 5.28. The Hall–Kier alpha value is -2.77. The smallest absolute Gasteiger partial charge is 0.344 e. The molecule has 0 radical (unpaired) electrons. The SMILES string of the molecule is C[C@H](Oc1ccc(/C=C2\SC(=Nc3cccc(Cl)c3)NC2=O)cc1)C(=O)O. The number of carboxylic acid groups (broad SMARTS) is 1. The molecule has 0 unspecified atom stereocenters. The molecule has 1 amide bonds. The highest BCUT2D eigenvalue weighted by atomic mass is 35.5.